The van der Waals surface area contributed by atoms with Gasteiger partial charge in [-0.15, -0.1) is 0 Å². The van der Waals surface area contributed by atoms with E-state index >= 15 is 0 Å². The third-order valence-corrected chi connectivity index (χ3v) is 4.16. The molecule has 1 aromatic rings. The lowest BCUT2D eigenvalue weighted by Gasteiger charge is -2.31. The van der Waals surface area contributed by atoms with E-state index in [-0.39, 0.29) is 18.2 Å². The number of rotatable bonds is 6. The molecule has 0 saturated heterocycles. The fourth-order valence-corrected chi connectivity index (χ4v) is 2.84. The van der Waals surface area contributed by atoms with Crippen molar-refractivity contribution >= 4 is 0 Å². The highest BCUT2D eigenvalue weighted by molar-refractivity contribution is 5.29. The van der Waals surface area contributed by atoms with Crippen LogP contribution in [0.25, 0.3) is 0 Å². The minimum atomic E-state index is -0.199. The highest BCUT2D eigenvalue weighted by atomic mass is 16.5. The van der Waals surface area contributed by atoms with Crippen LogP contribution in [-0.2, 0) is 0 Å². The number of aliphatic hydroxyl groups is 1. The molecule has 118 valence electrons. The quantitative estimate of drug-likeness (QED) is 0.840. The van der Waals surface area contributed by atoms with E-state index in [4.69, 9.17) is 4.74 Å². The smallest absolute Gasteiger partial charge is 0.119 e. The summed E-state index contributed by atoms with van der Waals surface area (Å²) < 4.78 is 5.71. The van der Waals surface area contributed by atoms with Gasteiger partial charge in [-0.05, 0) is 43.4 Å². The summed E-state index contributed by atoms with van der Waals surface area (Å²) in [5, 5.41) is 13.6. The van der Waals surface area contributed by atoms with Crippen molar-refractivity contribution in [3.8, 4) is 5.75 Å². The second-order valence-electron chi connectivity index (χ2n) is 6.62. The van der Waals surface area contributed by atoms with Crippen molar-refractivity contribution < 1.29 is 9.84 Å². The summed E-state index contributed by atoms with van der Waals surface area (Å²) in [5.74, 6) is 1.47. The van der Waals surface area contributed by atoms with Gasteiger partial charge in [0.25, 0.3) is 0 Å². The standard InChI is InChI=1S/C18H29NO2/c1-13(2)12-21-16-10-8-15(9-11-16)14(3)19-17-6-4-5-7-18(17)20/h8-11,13-14,17-20H,4-7,12H2,1-3H3. The molecule has 1 fully saturated rings. The van der Waals surface area contributed by atoms with E-state index in [0.29, 0.717) is 5.92 Å². The molecular formula is C18H29NO2. The molecule has 2 rings (SSSR count). The van der Waals surface area contributed by atoms with Gasteiger partial charge in [-0.2, -0.15) is 0 Å². The van der Waals surface area contributed by atoms with Gasteiger partial charge in [-0.3, -0.25) is 0 Å². The summed E-state index contributed by atoms with van der Waals surface area (Å²) >= 11 is 0. The van der Waals surface area contributed by atoms with Crippen molar-refractivity contribution in [3.05, 3.63) is 29.8 Å². The maximum atomic E-state index is 10.0. The van der Waals surface area contributed by atoms with Gasteiger partial charge in [0.2, 0.25) is 0 Å². The third-order valence-electron chi connectivity index (χ3n) is 4.16. The Morgan fingerprint density at radius 1 is 1.14 bits per heavy atom. The first-order valence-corrected chi connectivity index (χ1v) is 8.23. The second-order valence-corrected chi connectivity index (χ2v) is 6.62. The molecular weight excluding hydrogens is 262 g/mol. The maximum Gasteiger partial charge on any atom is 0.119 e. The zero-order valence-corrected chi connectivity index (χ0v) is 13.5. The molecule has 0 spiro atoms. The van der Waals surface area contributed by atoms with Gasteiger partial charge in [-0.1, -0.05) is 38.8 Å². The van der Waals surface area contributed by atoms with Crippen molar-refractivity contribution in [1.82, 2.24) is 5.32 Å². The molecule has 3 nitrogen and oxygen atoms in total. The normalized spacial score (nSPS) is 24.0. The Hall–Kier alpha value is -1.06. The molecule has 0 aliphatic heterocycles. The van der Waals surface area contributed by atoms with Crippen LogP contribution in [0.4, 0.5) is 0 Å². The van der Waals surface area contributed by atoms with Crippen LogP contribution in [0.5, 0.6) is 5.75 Å². The van der Waals surface area contributed by atoms with Crippen LogP contribution in [0.1, 0.15) is 58.1 Å². The average molecular weight is 291 g/mol. The number of ether oxygens (including phenoxy) is 1. The Morgan fingerprint density at radius 2 is 1.81 bits per heavy atom. The molecule has 21 heavy (non-hydrogen) atoms. The molecule has 1 saturated carbocycles. The SMILES string of the molecule is CC(C)COc1ccc(C(C)NC2CCCCC2O)cc1. The van der Waals surface area contributed by atoms with Crippen LogP contribution in [0.15, 0.2) is 24.3 Å². The van der Waals surface area contributed by atoms with Crippen LogP contribution in [-0.4, -0.2) is 23.9 Å². The van der Waals surface area contributed by atoms with Crippen molar-refractivity contribution in [3.63, 3.8) is 0 Å². The summed E-state index contributed by atoms with van der Waals surface area (Å²) in [6.07, 6.45) is 4.15. The minimum absolute atomic E-state index is 0.199. The Morgan fingerprint density at radius 3 is 2.43 bits per heavy atom. The predicted molar refractivity (Wildman–Crippen MR) is 86.6 cm³/mol. The zero-order chi connectivity index (χ0) is 15.2. The van der Waals surface area contributed by atoms with E-state index in [1.165, 1.54) is 12.0 Å². The van der Waals surface area contributed by atoms with Gasteiger partial charge in [0.05, 0.1) is 12.7 Å². The highest BCUT2D eigenvalue weighted by Gasteiger charge is 2.24. The van der Waals surface area contributed by atoms with Gasteiger partial charge in [-0.25, -0.2) is 0 Å². The lowest BCUT2D eigenvalue weighted by Crippen LogP contribution is -2.43. The van der Waals surface area contributed by atoms with Crippen molar-refractivity contribution in [2.75, 3.05) is 6.61 Å². The number of hydrogen-bond acceptors (Lipinski definition) is 3. The Bertz CT molecular complexity index is 416. The van der Waals surface area contributed by atoms with Crippen molar-refractivity contribution in [2.45, 2.75) is 64.6 Å². The van der Waals surface area contributed by atoms with E-state index in [0.717, 1.165) is 31.6 Å². The fraction of sp³-hybridized carbons (Fsp3) is 0.667. The molecule has 2 N–H and O–H groups in total. The van der Waals surface area contributed by atoms with Crippen LogP contribution >= 0.6 is 0 Å². The van der Waals surface area contributed by atoms with Gasteiger partial charge in [0.15, 0.2) is 0 Å². The molecule has 0 aromatic heterocycles. The first kappa shape index (κ1) is 16.3. The van der Waals surface area contributed by atoms with Crippen molar-refractivity contribution in [2.24, 2.45) is 5.92 Å². The summed E-state index contributed by atoms with van der Waals surface area (Å²) in [4.78, 5) is 0. The van der Waals surface area contributed by atoms with Crippen LogP contribution in [0.3, 0.4) is 0 Å². The van der Waals surface area contributed by atoms with Crippen LogP contribution in [0, 0.1) is 5.92 Å². The van der Waals surface area contributed by atoms with E-state index in [9.17, 15) is 5.11 Å². The summed E-state index contributed by atoms with van der Waals surface area (Å²) in [6, 6.07) is 8.78. The van der Waals surface area contributed by atoms with Crippen molar-refractivity contribution in [1.29, 1.82) is 0 Å². The lowest BCUT2D eigenvalue weighted by atomic mass is 9.91. The summed E-state index contributed by atoms with van der Waals surface area (Å²) in [7, 11) is 0. The third kappa shape index (κ3) is 5.01. The molecule has 3 unspecified atom stereocenters. The topological polar surface area (TPSA) is 41.5 Å². The molecule has 0 bridgehead atoms. The van der Waals surface area contributed by atoms with Gasteiger partial charge < -0.3 is 15.2 Å². The van der Waals surface area contributed by atoms with Gasteiger partial charge in [0, 0.05) is 12.1 Å². The molecule has 1 aromatic carbocycles. The van der Waals surface area contributed by atoms with Crippen LogP contribution in [0.2, 0.25) is 0 Å². The van der Waals surface area contributed by atoms with Gasteiger partial charge in [0.1, 0.15) is 5.75 Å². The maximum absolute atomic E-state index is 10.0. The minimum Gasteiger partial charge on any atom is -0.493 e. The molecule has 0 radical (unpaired) electrons. The van der Waals surface area contributed by atoms with Crippen LogP contribution < -0.4 is 10.1 Å². The van der Waals surface area contributed by atoms with E-state index < -0.39 is 0 Å². The molecule has 3 heteroatoms. The number of aliphatic hydroxyl groups excluding tert-OH is 1. The molecule has 3 atom stereocenters. The summed E-state index contributed by atoms with van der Waals surface area (Å²) in [5.41, 5.74) is 1.24. The first-order chi connectivity index (χ1) is 10.1. The molecule has 1 aliphatic carbocycles. The number of hydrogen-bond donors (Lipinski definition) is 2. The Labute approximate surface area is 128 Å². The fourth-order valence-electron chi connectivity index (χ4n) is 2.84. The Balaban J connectivity index is 1.88. The average Bonchev–Trinajstić information content (AvgIpc) is 2.48. The lowest BCUT2D eigenvalue weighted by molar-refractivity contribution is 0.0859. The monoisotopic (exact) mass is 291 g/mol. The second kappa shape index (κ2) is 7.81. The molecule has 0 heterocycles. The number of benzene rings is 1. The first-order valence-electron chi connectivity index (χ1n) is 8.23. The highest BCUT2D eigenvalue weighted by Crippen LogP contribution is 2.23. The van der Waals surface area contributed by atoms with E-state index in [2.05, 4.69) is 38.2 Å². The molecule has 1 aliphatic rings. The van der Waals surface area contributed by atoms with E-state index in [1.807, 2.05) is 12.1 Å². The van der Waals surface area contributed by atoms with Gasteiger partial charge >= 0.3 is 0 Å². The van der Waals surface area contributed by atoms with E-state index in [1.54, 1.807) is 0 Å². The Kier molecular flexibility index (Phi) is 6.07. The molecule has 0 amide bonds. The predicted octanol–water partition coefficient (Wildman–Crippen LogP) is 3.68. The largest absolute Gasteiger partial charge is 0.493 e. The summed E-state index contributed by atoms with van der Waals surface area (Å²) in [6.45, 7) is 7.21. The number of nitrogens with one attached hydrogen (secondary N) is 1. The zero-order valence-electron chi connectivity index (χ0n) is 13.5.